The largest absolute Gasteiger partial charge is 0.490 e. The van der Waals surface area contributed by atoms with Gasteiger partial charge in [-0.2, -0.15) is 33.0 Å². The predicted molar refractivity (Wildman–Crippen MR) is 346 cm³/mol. The highest BCUT2D eigenvalue weighted by Gasteiger charge is 2.33. The number of carboxylic acid groups (broad SMARTS) is 2. The maximum atomic E-state index is 12.8. The summed E-state index contributed by atoms with van der Waals surface area (Å²) in [6.45, 7) is 1.87. The molecule has 5 heterocycles. The second kappa shape index (κ2) is 40.1. The zero-order valence-electron chi connectivity index (χ0n) is 50.1. The average molecular weight is 1400 g/mol. The fraction of sp³-hybridized carbons (Fsp3) is 0.262. The van der Waals surface area contributed by atoms with Crippen molar-refractivity contribution in [2.24, 2.45) is 10.1 Å². The van der Waals surface area contributed by atoms with Crippen LogP contribution in [0.2, 0.25) is 10.2 Å². The summed E-state index contributed by atoms with van der Waals surface area (Å²) in [4.78, 5) is 88.4. The lowest BCUT2D eigenvalue weighted by molar-refractivity contribution is -0.403. The number of anilines is 1. The lowest BCUT2D eigenvalue weighted by Crippen LogP contribution is -2.33. The summed E-state index contributed by atoms with van der Waals surface area (Å²) in [5.74, 6) is -2.26. The van der Waals surface area contributed by atoms with E-state index in [0.717, 1.165) is 64.6 Å². The van der Waals surface area contributed by atoms with Gasteiger partial charge in [-0.3, -0.25) is 29.3 Å². The molecule has 0 aliphatic carbocycles. The third-order valence-electron chi connectivity index (χ3n) is 12.7. The molecule has 3 aliphatic heterocycles. The van der Waals surface area contributed by atoms with Crippen LogP contribution >= 0.6 is 46.7 Å². The molecule has 2 saturated heterocycles. The van der Waals surface area contributed by atoms with Gasteiger partial charge in [-0.05, 0) is 90.2 Å². The molecule has 1 atom stereocenters. The van der Waals surface area contributed by atoms with Gasteiger partial charge in [-0.25, -0.2) is 28.7 Å². The number of nitrogens with zero attached hydrogens (tertiary/aromatic N) is 11. The smallest absolute Gasteiger partial charge is 0.407 e. The molecule has 0 saturated carbocycles. The number of nitrogens with one attached hydrogen (secondary N) is 2. The number of ether oxygens (including phenoxy) is 2. The standard InChI is InChI=1S/C23H18ClF2N3O2.C16H19N3O4.C10H9ClN4S.C6H6F3NO3.C6H8N2O3S/c24-17-8-10-18(11-9-17)27-23(30)29-14-20(15-4-2-1-3-5-15)21(28-29)16-6-12-19(13-7-16)31-22(25)26;1-2-18(16(21)22)8-9-23-14-10-15(20)19(17-11-14)12-13-6-4-3-5-7-13;11-9-2-1-8(5-13-9)6-15-3-4-16-10(15)14-7-12;7-3(6(8)9)1-4(11)10-2-5(12)13;9-5-7-2-1-3-12-6(7)4-8(10)11/h1-13,20,22H,14H2,(H,27,30);3-7,10-11H,2,8-9,12H2,1H3,(H,21,22);1-2,5H,3-4,6H2;1-2H2,(H,10,11)(H,12,13);4-5H,1-3H2. The van der Waals surface area contributed by atoms with Crippen LogP contribution in [0.25, 0.3) is 0 Å². The molecule has 34 heteroatoms. The molecule has 502 valence electrons. The molecule has 2 fully saturated rings. The highest BCUT2D eigenvalue weighted by atomic mass is 35.5. The number of nitriles is 1. The van der Waals surface area contributed by atoms with E-state index in [1.807, 2.05) is 72.9 Å². The van der Waals surface area contributed by atoms with E-state index < -0.39 is 54.4 Å². The van der Waals surface area contributed by atoms with Crippen LogP contribution in [0.15, 0.2) is 178 Å². The first kappa shape index (κ1) is 75.6. The lowest BCUT2D eigenvalue weighted by Gasteiger charge is -2.22. The first-order valence-electron chi connectivity index (χ1n) is 28.1. The number of hydrogen-bond donors (Lipinski definition) is 4. The Hall–Kier alpha value is -10.1. The number of likely N-dealkylation sites (N-methyl/N-ethyl adjacent to an activating group) is 1. The monoisotopic (exact) mass is 1400 g/mol. The molecule has 2 aromatic heterocycles. The molecule has 9 rings (SSSR count). The molecule has 25 nitrogen and oxygen atoms in total. The van der Waals surface area contributed by atoms with Crippen LogP contribution in [0.5, 0.6) is 11.5 Å². The van der Waals surface area contributed by atoms with E-state index in [2.05, 4.69) is 35.1 Å². The third kappa shape index (κ3) is 27.2. The Morgan fingerprint density at radius 1 is 0.905 bits per heavy atom. The zero-order valence-corrected chi connectivity index (χ0v) is 53.3. The summed E-state index contributed by atoms with van der Waals surface area (Å²) < 4.78 is 70.9. The number of urea groups is 1. The number of aliphatic imine (C=N–C) groups is 1. The number of amides is 5. The summed E-state index contributed by atoms with van der Waals surface area (Å²) in [6, 6.07) is 36.9. The first-order valence-corrected chi connectivity index (χ1v) is 30.9. The summed E-state index contributed by atoms with van der Waals surface area (Å²) in [5, 5.41) is 52.4. The van der Waals surface area contributed by atoms with E-state index in [-0.39, 0.29) is 36.4 Å². The van der Waals surface area contributed by atoms with E-state index in [1.165, 1.54) is 55.6 Å². The van der Waals surface area contributed by atoms with Crippen LogP contribution in [0.1, 0.15) is 47.9 Å². The Bertz CT molecular complexity index is 3750. The van der Waals surface area contributed by atoms with E-state index in [0.29, 0.717) is 64.9 Å². The SMILES string of the molecule is CCN(CCOc1cnn(Cc2ccccc2)c(=O)c1)C(=O)O.N#CN=C1SCCN1Cc1ccc(Cl)nc1.O=C(Nc1ccc(Cl)cc1)N1CC(c2ccccc2)C(c2ccc(OC(F)F)cc2)=N1.O=C(O)CNC(=O)CC(F)=C(F)F.O=CN1CCCSC1=C[N+](=O)[O-]. The minimum absolute atomic E-state index is 0.0611. The molecule has 1 unspecified atom stereocenters. The van der Waals surface area contributed by atoms with Gasteiger partial charge in [-0.15, -0.1) is 16.8 Å². The molecule has 5 amide bonds. The Morgan fingerprint density at radius 2 is 1.60 bits per heavy atom. The van der Waals surface area contributed by atoms with Crippen LogP contribution in [0.4, 0.5) is 37.2 Å². The van der Waals surface area contributed by atoms with Crippen LogP contribution in [-0.4, -0.2) is 155 Å². The Kier molecular flexibility index (Phi) is 31.9. The molecular formula is C61H60Cl2F5N13O12S2. The maximum Gasteiger partial charge on any atom is 0.407 e. The lowest BCUT2D eigenvalue weighted by atomic mass is 9.90. The van der Waals surface area contributed by atoms with Gasteiger partial charge < -0.3 is 45.0 Å². The van der Waals surface area contributed by atoms with Gasteiger partial charge in [0.2, 0.25) is 18.5 Å². The quantitative estimate of drug-likeness (QED) is 0.0138. The number of alkyl halides is 2. The Labute approximate surface area is 558 Å². The first-order chi connectivity index (χ1) is 45.5. The topological polar surface area (TPSA) is 321 Å². The minimum Gasteiger partial charge on any atom is -0.490 e. The molecule has 4 aromatic carbocycles. The highest BCUT2D eigenvalue weighted by Crippen LogP contribution is 2.31. The molecule has 0 radical (unpaired) electrons. The van der Waals surface area contributed by atoms with Crippen molar-refractivity contribution in [1.82, 2.24) is 39.8 Å². The van der Waals surface area contributed by atoms with Gasteiger partial charge in [0.15, 0.2) is 11.0 Å². The van der Waals surface area contributed by atoms with Crippen molar-refractivity contribution in [3.63, 3.8) is 0 Å². The van der Waals surface area contributed by atoms with Crippen LogP contribution < -0.4 is 25.7 Å². The number of carbonyl (C=O) groups excluding carboxylic acids is 3. The summed E-state index contributed by atoms with van der Waals surface area (Å²) >= 11 is 14.5. The Morgan fingerprint density at radius 3 is 2.19 bits per heavy atom. The number of aliphatic carboxylic acids is 1. The predicted octanol–water partition coefficient (Wildman–Crippen LogP) is 11.1. The van der Waals surface area contributed by atoms with E-state index >= 15 is 0 Å². The van der Waals surface area contributed by atoms with Gasteiger partial charge in [0, 0.05) is 66.6 Å². The number of carboxylic acids is 1. The van der Waals surface area contributed by atoms with E-state index in [1.54, 1.807) is 72.7 Å². The van der Waals surface area contributed by atoms with Crippen LogP contribution in [-0.2, 0) is 27.5 Å². The fourth-order valence-electron chi connectivity index (χ4n) is 8.20. The van der Waals surface area contributed by atoms with Crippen molar-refractivity contribution in [3.8, 4) is 17.7 Å². The van der Waals surface area contributed by atoms with Crippen molar-refractivity contribution in [2.45, 2.75) is 45.4 Å². The van der Waals surface area contributed by atoms with E-state index in [9.17, 15) is 60.8 Å². The average Bonchev–Trinajstić information content (AvgIpc) is 1.67. The normalized spacial score (nSPS) is 14.5. The minimum atomic E-state index is -2.89. The van der Waals surface area contributed by atoms with Crippen molar-refractivity contribution >= 4 is 93.7 Å². The number of benzene rings is 4. The summed E-state index contributed by atoms with van der Waals surface area (Å²) in [6.07, 6.45) is 2.70. The van der Waals surface area contributed by atoms with E-state index in [4.69, 9.17) is 43.4 Å². The van der Waals surface area contributed by atoms with Gasteiger partial charge in [0.25, 0.3) is 11.8 Å². The molecule has 6 aromatic rings. The summed E-state index contributed by atoms with van der Waals surface area (Å²) in [7, 11) is 0. The molecule has 95 heavy (non-hydrogen) atoms. The van der Waals surface area contributed by atoms with Crippen molar-refractivity contribution in [3.05, 3.63) is 216 Å². The number of nitro groups is 1. The number of pyridine rings is 1. The number of halogens is 7. The van der Waals surface area contributed by atoms with Crippen LogP contribution in [0.3, 0.4) is 0 Å². The fourth-order valence-corrected chi connectivity index (χ4v) is 10.3. The number of aromatic nitrogens is 3. The van der Waals surface area contributed by atoms with Crippen molar-refractivity contribution in [2.75, 3.05) is 62.7 Å². The molecule has 0 spiro atoms. The zero-order chi connectivity index (χ0) is 69.2. The molecule has 3 aliphatic rings. The summed E-state index contributed by atoms with van der Waals surface area (Å²) in [5.41, 5.74) is 4.77. The number of hydrazone groups is 1. The number of hydrogen-bond acceptors (Lipinski definition) is 17. The van der Waals surface area contributed by atoms with Gasteiger partial charge in [-0.1, -0.05) is 102 Å². The number of thioether (sulfide) groups is 2. The van der Waals surface area contributed by atoms with Crippen molar-refractivity contribution < 1.29 is 70.5 Å². The molecular weight excluding hydrogens is 1340 g/mol. The van der Waals surface area contributed by atoms with Gasteiger partial charge in [0.1, 0.15) is 34.8 Å². The van der Waals surface area contributed by atoms with Gasteiger partial charge >= 0.3 is 30.8 Å². The number of rotatable bonds is 20. The highest BCUT2D eigenvalue weighted by molar-refractivity contribution is 8.14. The maximum absolute atomic E-state index is 12.8. The molecule has 0 bridgehead atoms. The van der Waals surface area contributed by atoms with Crippen LogP contribution in [0, 0.1) is 21.6 Å². The van der Waals surface area contributed by atoms with Gasteiger partial charge in [0.05, 0.1) is 42.9 Å². The second-order valence-electron chi connectivity index (χ2n) is 19.3. The number of carbonyl (C=O) groups is 5. The third-order valence-corrected chi connectivity index (χ3v) is 15.3. The number of amidine groups is 1. The van der Waals surface area contributed by atoms with Crippen molar-refractivity contribution in [1.29, 1.82) is 5.26 Å². The second-order valence-corrected chi connectivity index (χ2v) is 22.3. The Balaban J connectivity index is 0.000000226. The molecule has 4 N–H and O–H groups in total.